The number of nitrogens with two attached hydrogens (primary N) is 1. The van der Waals surface area contributed by atoms with Gasteiger partial charge in [0.15, 0.2) is 0 Å². The van der Waals surface area contributed by atoms with Gasteiger partial charge in [-0.15, -0.1) is 0 Å². The number of aryl methyl sites for hydroxylation is 1. The third kappa shape index (κ3) is 9.10. The average molecular weight is 829 g/mol. The number of nitrogens with zero attached hydrogens (tertiary/aromatic N) is 2. The molecule has 2 amide bonds. The molecule has 0 atom stereocenters. The molecule has 1 aliphatic heterocycles. The third-order valence-corrected chi connectivity index (χ3v) is 10.8. The molecule has 0 aliphatic carbocycles. The molecule has 0 saturated carbocycles. The van der Waals surface area contributed by atoms with Crippen molar-refractivity contribution in [1.29, 1.82) is 0 Å². The third-order valence-electron chi connectivity index (χ3n) is 9.47. The summed E-state index contributed by atoms with van der Waals surface area (Å²) in [5.74, 6) is -0.148. The van der Waals surface area contributed by atoms with Crippen LogP contribution in [0.3, 0.4) is 0 Å². The van der Waals surface area contributed by atoms with Gasteiger partial charge in [-0.3, -0.25) is 9.59 Å². The first-order chi connectivity index (χ1) is 28.4. The fourth-order valence-corrected chi connectivity index (χ4v) is 7.80. The van der Waals surface area contributed by atoms with E-state index in [1.807, 2.05) is 90.7 Å². The number of primary sulfonamides is 1. The van der Waals surface area contributed by atoms with Gasteiger partial charge in [0.25, 0.3) is 11.8 Å². The van der Waals surface area contributed by atoms with Crippen molar-refractivity contribution in [3.05, 3.63) is 173 Å². The van der Waals surface area contributed by atoms with Gasteiger partial charge in [-0.25, -0.2) is 23.3 Å². The van der Waals surface area contributed by atoms with Crippen molar-refractivity contribution in [1.82, 2.24) is 9.97 Å². The van der Waals surface area contributed by atoms with E-state index in [0.29, 0.717) is 35.5 Å². The number of imidazole rings is 1. The normalized spacial score (nSPS) is 11.9. The molecule has 2 aromatic heterocycles. The smallest absolute Gasteiger partial charge is 0.337 e. The highest BCUT2D eigenvalue weighted by atomic mass is 35.5. The zero-order valence-electron chi connectivity index (χ0n) is 31.5. The van der Waals surface area contributed by atoms with Gasteiger partial charge < -0.3 is 30.0 Å². The van der Waals surface area contributed by atoms with Crippen molar-refractivity contribution >= 4 is 56.5 Å². The number of carboxylic acid groups (broad SMARTS) is 1. The molecule has 0 spiro atoms. The van der Waals surface area contributed by atoms with Crippen LogP contribution in [0.25, 0.3) is 22.4 Å². The maximum atomic E-state index is 13.6. The number of halogens is 1. The fourth-order valence-electron chi connectivity index (χ4n) is 6.70. The Morgan fingerprint density at radius 1 is 0.881 bits per heavy atom. The number of carboxylic acids is 1. The molecule has 0 fully saturated rings. The fraction of sp³-hybridized carbons (Fsp3) is 0.0909. The van der Waals surface area contributed by atoms with Crippen molar-refractivity contribution in [2.24, 2.45) is 5.14 Å². The summed E-state index contributed by atoms with van der Waals surface area (Å²) in [6, 6.07) is 37.8. The number of aromatic nitrogens is 2. The molecule has 0 bridgehead atoms. The standard InChI is InChI=1S/C32H26N4O2.C12H11ClN2O5S/c1-21-33-28-19-20-36(29-14-8-7-13-27(29)30(28)34-21)32(38)23-15-17-24(18-16-23)35-31(37)26-12-6-5-11-25(26)22-9-3-2-4-10-22;13-9-5-10(15-6-7-2-1-3-20-7)8(12(16)17)4-11(9)21(14,18)19/h2-18H,19-20H2,1H3,(H,33,34)(H,35,37);1-5,15H,6H2,(H,16,17)(H2,14,18,19). The zero-order valence-corrected chi connectivity index (χ0v) is 33.1. The number of carbonyl (C=O) groups is 3. The molecule has 0 radical (unpaired) electrons. The van der Waals surface area contributed by atoms with Gasteiger partial charge in [0.05, 0.1) is 40.5 Å². The Kier molecular flexibility index (Phi) is 11.7. The van der Waals surface area contributed by atoms with Crippen molar-refractivity contribution in [2.45, 2.75) is 24.8 Å². The van der Waals surface area contributed by atoms with Crippen LogP contribution in [0.2, 0.25) is 5.02 Å². The topological polar surface area (TPSA) is 201 Å². The molecule has 7 aromatic rings. The molecule has 0 unspecified atom stereocenters. The minimum atomic E-state index is -4.11. The summed E-state index contributed by atoms with van der Waals surface area (Å²) >= 11 is 5.84. The number of H-pyrrole nitrogens is 1. The Hall–Kier alpha value is -7.00. The SMILES string of the molecule is Cc1nc2c([nH]1)CCN(C(=O)c1ccc(NC(=O)c3ccccc3-c3ccccc3)cc1)c1ccccc1-2.NS(=O)(=O)c1cc(C(=O)O)c(NCc2ccco2)cc1Cl. The molecular weight excluding hydrogens is 792 g/mol. The van der Waals surface area contributed by atoms with Crippen LogP contribution in [-0.4, -0.2) is 47.8 Å². The second kappa shape index (κ2) is 17.2. The summed E-state index contributed by atoms with van der Waals surface area (Å²) in [4.78, 5) is 47.4. The summed E-state index contributed by atoms with van der Waals surface area (Å²) in [5.41, 5.74) is 7.26. The number of para-hydroxylation sites is 1. The molecule has 6 N–H and O–H groups in total. The van der Waals surface area contributed by atoms with E-state index in [2.05, 4.69) is 20.6 Å². The molecule has 5 aromatic carbocycles. The van der Waals surface area contributed by atoms with Crippen LogP contribution in [0.1, 0.15) is 48.4 Å². The van der Waals surface area contributed by atoms with E-state index in [9.17, 15) is 22.8 Å². The van der Waals surface area contributed by atoms with Gasteiger partial charge >= 0.3 is 5.97 Å². The molecule has 3 heterocycles. The van der Waals surface area contributed by atoms with E-state index in [-0.39, 0.29) is 34.6 Å². The van der Waals surface area contributed by atoms with Crippen molar-refractivity contribution in [3.8, 4) is 22.4 Å². The van der Waals surface area contributed by atoms with Crippen LogP contribution in [0.5, 0.6) is 0 Å². The Balaban J connectivity index is 0.000000213. The lowest BCUT2D eigenvalue weighted by molar-refractivity contribution is 0.0697. The number of fused-ring (bicyclic) bond motifs is 3. The predicted octanol–water partition coefficient (Wildman–Crippen LogP) is 8.40. The van der Waals surface area contributed by atoms with Crippen molar-refractivity contribution < 1.29 is 32.3 Å². The first-order valence-corrected chi connectivity index (χ1v) is 20.2. The number of sulfonamides is 1. The Bertz CT molecular complexity index is 2770. The van der Waals surface area contributed by atoms with Crippen LogP contribution in [-0.2, 0) is 23.0 Å². The van der Waals surface area contributed by atoms with E-state index in [1.165, 1.54) is 12.3 Å². The summed E-state index contributed by atoms with van der Waals surface area (Å²) in [5, 5.41) is 19.8. The van der Waals surface area contributed by atoms with Gasteiger partial charge in [0, 0.05) is 41.0 Å². The van der Waals surface area contributed by atoms with Crippen LogP contribution >= 0.6 is 11.6 Å². The Morgan fingerprint density at radius 2 is 1.58 bits per heavy atom. The summed E-state index contributed by atoms with van der Waals surface area (Å²) in [6.07, 6.45) is 2.16. The maximum absolute atomic E-state index is 13.6. The molecule has 8 rings (SSSR count). The number of hydrogen-bond acceptors (Lipinski definition) is 8. The molecule has 13 nitrogen and oxygen atoms in total. The van der Waals surface area contributed by atoms with Gasteiger partial charge in [-0.1, -0.05) is 78.3 Å². The van der Waals surface area contributed by atoms with E-state index in [1.54, 1.807) is 36.4 Å². The number of furan rings is 1. The zero-order chi connectivity index (χ0) is 41.7. The number of benzene rings is 5. The molecule has 0 saturated heterocycles. The quantitative estimate of drug-likeness (QED) is 0.0948. The van der Waals surface area contributed by atoms with Crippen LogP contribution in [0.4, 0.5) is 17.1 Å². The summed E-state index contributed by atoms with van der Waals surface area (Å²) < 4.78 is 27.8. The second-order valence-electron chi connectivity index (χ2n) is 13.4. The highest BCUT2D eigenvalue weighted by Crippen LogP contribution is 2.36. The van der Waals surface area contributed by atoms with Crippen LogP contribution in [0.15, 0.2) is 143 Å². The lowest BCUT2D eigenvalue weighted by Gasteiger charge is -2.23. The van der Waals surface area contributed by atoms with E-state index in [4.69, 9.17) is 26.3 Å². The summed E-state index contributed by atoms with van der Waals surface area (Å²) in [6.45, 7) is 2.71. The highest BCUT2D eigenvalue weighted by molar-refractivity contribution is 7.89. The first kappa shape index (κ1) is 40.2. The number of rotatable bonds is 9. The van der Waals surface area contributed by atoms with Crippen molar-refractivity contribution in [3.63, 3.8) is 0 Å². The lowest BCUT2D eigenvalue weighted by atomic mass is 9.99. The minimum Gasteiger partial charge on any atom is -0.478 e. The van der Waals surface area contributed by atoms with Crippen molar-refractivity contribution in [2.75, 3.05) is 22.1 Å². The van der Waals surface area contributed by atoms with E-state index < -0.39 is 20.9 Å². The molecule has 59 heavy (non-hydrogen) atoms. The number of anilines is 3. The largest absolute Gasteiger partial charge is 0.478 e. The Labute approximate surface area is 344 Å². The first-order valence-electron chi connectivity index (χ1n) is 18.3. The maximum Gasteiger partial charge on any atom is 0.337 e. The summed E-state index contributed by atoms with van der Waals surface area (Å²) in [7, 11) is -4.11. The number of aromatic amines is 1. The number of aromatic carboxylic acids is 1. The monoisotopic (exact) mass is 828 g/mol. The number of amides is 2. The van der Waals surface area contributed by atoms with Gasteiger partial charge in [0.2, 0.25) is 10.0 Å². The average Bonchev–Trinajstić information content (AvgIpc) is 3.87. The van der Waals surface area contributed by atoms with E-state index >= 15 is 0 Å². The second-order valence-corrected chi connectivity index (χ2v) is 15.4. The van der Waals surface area contributed by atoms with Gasteiger partial charge in [-0.2, -0.15) is 0 Å². The Morgan fingerprint density at radius 3 is 2.27 bits per heavy atom. The molecule has 1 aliphatic rings. The minimum absolute atomic E-state index is 0.0911. The predicted molar refractivity (Wildman–Crippen MR) is 226 cm³/mol. The van der Waals surface area contributed by atoms with Crippen LogP contribution in [0, 0.1) is 6.92 Å². The van der Waals surface area contributed by atoms with E-state index in [0.717, 1.165) is 45.7 Å². The molecular formula is C44H37ClN6O7S. The molecule has 15 heteroatoms. The number of carbonyl (C=O) groups excluding carboxylic acids is 2. The molecule has 298 valence electrons. The van der Waals surface area contributed by atoms with Crippen LogP contribution < -0.4 is 20.7 Å². The lowest BCUT2D eigenvalue weighted by Crippen LogP contribution is -2.32. The highest BCUT2D eigenvalue weighted by Gasteiger charge is 2.27. The van der Waals surface area contributed by atoms with Gasteiger partial charge in [0.1, 0.15) is 16.5 Å². The van der Waals surface area contributed by atoms with Gasteiger partial charge in [-0.05, 0) is 78.7 Å². The number of nitrogens with one attached hydrogen (secondary N) is 3. The number of hydrogen-bond donors (Lipinski definition) is 5.